The fourth-order valence-electron chi connectivity index (χ4n) is 8.49. The van der Waals surface area contributed by atoms with Gasteiger partial charge in [-0.05, 0) is 99.5 Å². The summed E-state index contributed by atoms with van der Waals surface area (Å²) in [7, 11) is 0. The van der Waals surface area contributed by atoms with E-state index in [0.29, 0.717) is 0 Å². The van der Waals surface area contributed by atoms with Crippen LogP contribution in [-0.2, 0) is 0 Å². The highest BCUT2D eigenvalue weighted by Crippen LogP contribution is 2.45. The van der Waals surface area contributed by atoms with Gasteiger partial charge in [-0.25, -0.2) is 0 Å². The zero-order valence-corrected chi connectivity index (χ0v) is 32.2. The molecule has 1 aliphatic rings. The summed E-state index contributed by atoms with van der Waals surface area (Å²) in [6, 6.07) is 77.0. The average molecular weight is 743 g/mol. The van der Waals surface area contributed by atoms with E-state index >= 15 is 0 Å². The maximum atomic E-state index is 2.56. The first-order chi connectivity index (χ1) is 28.8. The Kier molecular flexibility index (Phi) is 9.43. The molecule has 276 valence electrons. The number of allylic oxidation sites excluding steroid dienone is 4. The van der Waals surface area contributed by atoms with Gasteiger partial charge in [-0.3, -0.25) is 0 Å². The Labute approximate surface area is 340 Å². The Hall–Kier alpha value is -7.42. The highest BCUT2D eigenvalue weighted by atomic mass is 15.1. The molecule has 0 saturated heterocycles. The van der Waals surface area contributed by atoms with Gasteiger partial charge in [0.05, 0.1) is 11.7 Å². The lowest BCUT2D eigenvalue weighted by Crippen LogP contribution is -2.09. The van der Waals surface area contributed by atoms with Crippen molar-refractivity contribution < 1.29 is 0 Å². The molecule has 0 bridgehead atoms. The Balaban J connectivity index is 1.07. The van der Waals surface area contributed by atoms with E-state index in [1.54, 1.807) is 0 Å². The normalized spacial score (nSPS) is 13.5. The molecule has 0 N–H and O–H groups in total. The van der Waals surface area contributed by atoms with Crippen LogP contribution in [0.1, 0.15) is 12.5 Å². The smallest absolute Gasteiger partial charge is 0.0576 e. The van der Waals surface area contributed by atoms with E-state index in [9.17, 15) is 0 Å². The van der Waals surface area contributed by atoms with Crippen LogP contribution in [-0.4, -0.2) is 4.57 Å². The van der Waals surface area contributed by atoms with Gasteiger partial charge in [-0.1, -0.05) is 188 Å². The number of nitrogens with zero attached hydrogens (tertiary/aromatic N) is 2. The van der Waals surface area contributed by atoms with E-state index in [0.717, 1.165) is 23.5 Å². The fraction of sp³-hybridized carbons (Fsp3) is 0.0357. The molecule has 0 saturated carbocycles. The van der Waals surface area contributed by atoms with Gasteiger partial charge in [-0.2, -0.15) is 0 Å². The van der Waals surface area contributed by atoms with Crippen LogP contribution in [0.3, 0.4) is 0 Å². The third-order valence-corrected chi connectivity index (χ3v) is 11.3. The minimum absolute atomic E-state index is 0.222. The van der Waals surface area contributed by atoms with E-state index in [2.05, 4.69) is 246 Å². The van der Waals surface area contributed by atoms with Crippen molar-refractivity contribution >= 4 is 28.0 Å². The van der Waals surface area contributed by atoms with Gasteiger partial charge < -0.3 is 9.47 Å². The zero-order valence-electron chi connectivity index (χ0n) is 32.2. The molecule has 0 amide bonds. The summed E-state index contributed by atoms with van der Waals surface area (Å²) < 4.78 is 2.56. The molecule has 1 unspecified atom stereocenters. The molecular formula is C56H42N2. The Morgan fingerprint density at radius 1 is 0.379 bits per heavy atom. The van der Waals surface area contributed by atoms with Crippen LogP contribution in [0.15, 0.2) is 237 Å². The lowest BCUT2D eigenvalue weighted by atomic mass is 9.96. The predicted octanol–water partition coefficient (Wildman–Crippen LogP) is 15.5. The number of hydrogen-bond donors (Lipinski definition) is 0. The number of aromatic nitrogens is 1. The van der Waals surface area contributed by atoms with E-state index in [1.165, 1.54) is 66.7 Å². The van der Waals surface area contributed by atoms with Crippen molar-refractivity contribution in [2.45, 2.75) is 12.5 Å². The second-order valence-corrected chi connectivity index (χ2v) is 14.9. The second kappa shape index (κ2) is 15.6. The van der Waals surface area contributed by atoms with Crippen LogP contribution in [0, 0.1) is 0 Å². The summed E-state index contributed by atoms with van der Waals surface area (Å²) in [6.45, 7) is 0. The van der Waals surface area contributed by atoms with Crippen molar-refractivity contribution in [1.29, 1.82) is 0 Å². The highest BCUT2D eigenvalue weighted by Gasteiger charge is 2.24. The van der Waals surface area contributed by atoms with Crippen molar-refractivity contribution in [3.63, 3.8) is 0 Å². The van der Waals surface area contributed by atoms with Crippen molar-refractivity contribution in [3.05, 3.63) is 237 Å². The molecular weight excluding hydrogens is 701 g/mol. The van der Waals surface area contributed by atoms with Crippen LogP contribution in [0.4, 0.5) is 17.1 Å². The van der Waals surface area contributed by atoms with Gasteiger partial charge in [0.1, 0.15) is 0 Å². The van der Waals surface area contributed by atoms with Crippen molar-refractivity contribution in [2.24, 2.45) is 0 Å². The second-order valence-electron chi connectivity index (χ2n) is 14.9. The maximum absolute atomic E-state index is 2.56. The summed E-state index contributed by atoms with van der Waals surface area (Å²) >= 11 is 0. The first-order valence-electron chi connectivity index (χ1n) is 20.1. The standard InChI is InChI=1S/C56H42N2/c1-6-16-41(17-7-1)43-26-33-50(34-27-43)57(51-35-28-44(29-36-51)42-18-8-2-9-19-42)52-37-30-45(31-38-52)48-32-39-54-53(40-48)55(46-20-10-3-11-21-46)56(47-22-12-4-13-23-47)58(54)49-24-14-5-15-25-49/h1-24,26-40,49H,25H2. The quantitative estimate of drug-likeness (QED) is 0.143. The van der Waals surface area contributed by atoms with Crippen LogP contribution in [0.25, 0.3) is 66.7 Å². The van der Waals surface area contributed by atoms with E-state index in [-0.39, 0.29) is 6.04 Å². The molecule has 1 aromatic heterocycles. The Morgan fingerprint density at radius 3 is 1.26 bits per heavy atom. The number of anilines is 3. The summed E-state index contributed by atoms with van der Waals surface area (Å²) in [4.78, 5) is 2.35. The van der Waals surface area contributed by atoms with Crippen LogP contribution < -0.4 is 4.90 Å². The molecule has 10 rings (SSSR count). The van der Waals surface area contributed by atoms with Crippen molar-refractivity contribution in [3.8, 4) is 55.8 Å². The van der Waals surface area contributed by atoms with Crippen LogP contribution >= 0.6 is 0 Å². The molecule has 1 aliphatic carbocycles. The average Bonchev–Trinajstić information content (AvgIpc) is 3.66. The molecule has 58 heavy (non-hydrogen) atoms. The SMILES string of the molecule is C1=CCC(n2c(-c3ccccc3)c(-c3ccccc3)c3cc(-c4ccc(N(c5ccc(-c6ccccc6)cc5)c5ccc(-c6ccccc6)cc5)cc4)ccc32)C=C1. The zero-order chi connectivity index (χ0) is 38.7. The van der Waals surface area contributed by atoms with Gasteiger partial charge in [0.25, 0.3) is 0 Å². The molecule has 0 fully saturated rings. The Morgan fingerprint density at radius 2 is 0.793 bits per heavy atom. The minimum Gasteiger partial charge on any atom is -0.333 e. The van der Waals surface area contributed by atoms with Gasteiger partial charge >= 0.3 is 0 Å². The van der Waals surface area contributed by atoms with Crippen LogP contribution in [0.2, 0.25) is 0 Å². The monoisotopic (exact) mass is 742 g/mol. The topological polar surface area (TPSA) is 8.17 Å². The molecule has 1 heterocycles. The van der Waals surface area contributed by atoms with Crippen LogP contribution in [0.5, 0.6) is 0 Å². The molecule has 9 aromatic rings. The first kappa shape index (κ1) is 35.0. The van der Waals surface area contributed by atoms with E-state index < -0.39 is 0 Å². The van der Waals surface area contributed by atoms with Gasteiger partial charge in [0, 0.05) is 33.5 Å². The lowest BCUT2D eigenvalue weighted by Gasteiger charge is -2.26. The minimum atomic E-state index is 0.222. The Bertz CT molecular complexity index is 2770. The van der Waals surface area contributed by atoms with E-state index in [4.69, 9.17) is 0 Å². The number of hydrogen-bond acceptors (Lipinski definition) is 1. The summed E-state index contributed by atoms with van der Waals surface area (Å²) in [6.07, 6.45) is 9.92. The fourth-order valence-corrected chi connectivity index (χ4v) is 8.49. The third kappa shape index (κ3) is 6.76. The molecule has 2 nitrogen and oxygen atoms in total. The van der Waals surface area contributed by atoms with Gasteiger partial charge in [-0.15, -0.1) is 0 Å². The van der Waals surface area contributed by atoms with E-state index in [1.807, 2.05) is 0 Å². The maximum Gasteiger partial charge on any atom is 0.0576 e. The number of benzene rings is 8. The third-order valence-electron chi connectivity index (χ3n) is 11.3. The summed E-state index contributed by atoms with van der Waals surface area (Å²) in [5, 5.41) is 1.26. The number of rotatable bonds is 9. The lowest BCUT2D eigenvalue weighted by molar-refractivity contribution is 0.635. The molecule has 8 aromatic carbocycles. The molecule has 2 heteroatoms. The largest absolute Gasteiger partial charge is 0.333 e. The molecule has 1 atom stereocenters. The van der Waals surface area contributed by atoms with Gasteiger partial charge in [0.15, 0.2) is 0 Å². The number of fused-ring (bicyclic) bond motifs is 1. The molecule has 0 spiro atoms. The molecule has 0 aliphatic heterocycles. The predicted molar refractivity (Wildman–Crippen MR) is 246 cm³/mol. The first-order valence-corrected chi connectivity index (χ1v) is 20.1. The highest BCUT2D eigenvalue weighted by molar-refractivity contribution is 6.06. The van der Waals surface area contributed by atoms with Crippen molar-refractivity contribution in [2.75, 3.05) is 4.90 Å². The summed E-state index contributed by atoms with van der Waals surface area (Å²) in [5.41, 5.74) is 16.7. The summed E-state index contributed by atoms with van der Waals surface area (Å²) in [5.74, 6) is 0. The van der Waals surface area contributed by atoms with Gasteiger partial charge in [0.2, 0.25) is 0 Å². The van der Waals surface area contributed by atoms with Crippen molar-refractivity contribution in [1.82, 2.24) is 4.57 Å². The molecule has 0 radical (unpaired) electrons.